The van der Waals surface area contributed by atoms with E-state index in [0.29, 0.717) is 22.0 Å². The number of H-pyrrole nitrogens is 1. The van der Waals surface area contributed by atoms with Crippen LogP contribution in [-0.4, -0.2) is 59.3 Å². The maximum absolute atomic E-state index is 10.8. The molecule has 3 aromatic heterocycles. The van der Waals surface area contributed by atoms with Crippen LogP contribution < -0.4 is 5.35 Å². The molecule has 3 aromatic rings. The molecule has 0 aliphatic carbocycles. The first-order chi connectivity index (χ1) is 12.9. The standard InChI is InChI=1S/C19H20N4O4/c1-4-5-11-6-10(2)22-16-14-12(11)7-23(17(14)21-9-20-16)18-19(3,26)15(25)13(8-24)27-18/h6-7,9,13,15,18,24-26H,2,8H2,1,3H3,(H,20,21,22)/t13-,15-,18-,19?/m1/s1. The van der Waals surface area contributed by atoms with Gasteiger partial charge in [-0.25, -0.2) is 9.97 Å². The monoisotopic (exact) mass is 368 g/mol. The van der Waals surface area contributed by atoms with Crippen LogP contribution in [0.3, 0.4) is 0 Å². The van der Waals surface area contributed by atoms with Crippen molar-refractivity contribution in [1.29, 1.82) is 0 Å². The number of hydrogen-bond donors (Lipinski definition) is 4. The van der Waals surface area contributed by atoms with Crippen LogP contribution in [-0.2, 0) is 4.74 Å². The summed E-state index contributed by atoms with van der Waals surface area (Å²) >= 11 is 0. The largest absolute Gasteiger partial charge is 0.394 e. The van der Waals surface area contributed by atoms with E-state index < -0.39 is 30.6 Å². The molecule has 1 saturated heterocycles. The van der Waals surface area contributed by atoms with Crippen LogP contribution in [0.15, 0.2) is 18.6 Å². The normalized spacial score (nSPS) is 27.8. The zero-order valence-corrected chi connectivity index (χ0v) is 15.0. The molecule has 0 aromatic carbocycles. The van der Waals surface area contributed by atoms with Crippen LogP contribution >= 0.6 is 0 Å². The van der Waals surface area contributed by atoms with Crippen molar-refractivity contribution in [2.24, 2.45) is 0 Å². The topological polar surface area (TPSA) is 116 Å². The highest BCUT2D eigenvalue weighted by atomic mass is 16.6. The van der Waals surface area contributed by atoms with Crippen molar-refractivity contribution >= 4 is 28.6 Å². The van der Waals surface area contributed by atoms with Crippen molar-refractivity contribution in [2.75, 3.05) is 6.61 Å². The highest BCUT2D eigenvalue weighted by Crippen LogP contribution is 2.41. The Balaban J connectivity index is 2.06. The molecule has 1 aliphatic heterocycles. The molecular formula is C19H20N4O4. The second-order valence-corrected chi connectivity index (χ2v) is 6.83. The Labute approximate surface area is 154 Å². The van der Waals surface area contributed by atoms with Gasteiger partial charge >= 0.3 is 0 Å². The first kappa shape index (κ1) is 17.7. The van der Waals surface area contributed by atoms with Crippen LogP contribution in [0.25, 0.3) is 28.6 Å². The second-order valence-electron chi connectivity index (χ2n) is 6.83. The molecule has 0 bridgehead atoms. The first-order valence-corrected chi connectivity index (χ1v) is 8.51. The maximum atomic E-state index is 10.8. The van der Waals surface area contributed by atoms with E-state index in [1.165, 1.54) is 13.3 Å². The summed E-state index contributed by atoms with van der Waals surface area (Å²) in [4.78, 5) is 11.8. The molecule has 4 heterocycles. The zero-order valence-electron chi connectivity index (χ0n) is 15.0. The Morgan fingerprint density at radius 1 is 1.44 bits per heavy atom. The van der Waals surface area contributed by atoms with Crippen LogP contribution in [0, 0.1) is 11.8 Å². The zero-order chi connectivity index (χ0) is 19.3. The lowest BCUT2D eigenvalue weighted by Gasteiger charge is -2.27. The summed E-state index contributed by atoms with van der Waals surface area (Å²) < 4.78 is 7.41. The fourth-order valence-corrected chi connectivity index (χ4v) is 3.63. The second kappa shape index (κ2) is 6.18. The molecule has 27 heavy (non-hydrogen) atoms. The van der Waals surface area contributed by atoms with Crippen molar-refractivity contribution in [2.45, 2.75) is 37.9 Å². The van der Waals surface area contributed by atoms with Gasteiger partial charge in [0.25, 0.3) is 0 Å². The van der Waals surface area contributed by atoms with Gasteiger partial charge in [-0.05, 0) is 19.9 Å². The molecule has 8 heteroatoms. The van der Waals surface area contributed by atoms with E-state index in [1.54, 1.807) is 17.7 Å². The van der Waals surface area contributed by atoms with Crippen molar-refractivity contribution in [3.63, 3.8) is 0 Å². The van der Waals surface area contributed by atoms with Gasteiger partial charge in [0, 0.05) is 22.5 Å². The van der Waals surface area contributed by atoms with Crippen molar-refractivity contribution in [1.82, 2.24) is 19.5 Å². The van der Waals surface area contributed by atoms with Gasteiger partial charge in [0.1, 0.15) is 35.4 Å². The van der Waals surface area contributed by atoms with Gasteiger partial charge in [-0.15, -0.1) is 5.92 Å². The van der Waals surface area contributed by atoms with Crippen LogP contribution in [0.1, 0.15) is 25.6 Å². The molecule has 8 nitrogen and oxygen atoms in total. The molecule has 0 spiro atoms. The third kappa shape index (κ3) is 2.56. The highest BCUT2D eigenvalue weighted by molar-refractivity contribution is 6.06. The number of nitrogens with one attached hydrogen (secondary N) is 1. The van der Waals surface area contributed by atoms with E-state index in [4.69, 9.17) is 4.74 Å². The quantitative estimate of drug-likeness (QED) is 0.472. The molecular weight excluding hydrogens is 348 g/mol. The molecule has 1 unspecified atom stereocenters. The molecule has 0 radical (unpaired) electrons. The maximum Gasteiger partial charge on any atom is 0.167 e. The first-order valence-electron chi connectivity index (χ1n) is 8.51. The molecule has 0 amide bonds. The number of aliphatic hydroxyl groups excluding tert-OH is 2. The van der Waals surface area contributed by atoms with Gasteiger partial charge in [-0.1, -0.05) is 12.5 Å². The lowest BCUT2D eigenvalue weighted by Crippen LogP contribution is -2.44. The number of aliphatic hydroxyl groups is 3. The molecule has 1 fully saturated rings. The number of nitrogens with zero attached hydrogens (tertiary/aromatic N) is 3. The van der Waals surface area contributed by atoms with Gasteiger partial charge in [-0.2, -0.15) is 0 Å². The number of hydrogen-bond acceptors (Lipinski definition) is 6. The summed E-state index contributed by atoms with van der Waals surface area (Å²) in [5.41, 5.74) is 0.185. The summed E-state index contributed by atoms with van der Waals surface area (Å²) in [6.45, 7) is 6.77. The van der Waals surface area contributed by atoms with E-state index in [1.807, 2.05) is 6.07 Å². The molecule has 4 N–H and O–H groups in total. The highest BCUT2D eigenvalue weighted by Gasteiger charge is 2.53. The third-order valence-corrected chi connectivity index (χ3v) is 4.94. The fourth-order valence-electron chi connectivity index (χ4n) is 3.63. The third-order valence-electron chi connectivity index (χ3n) is 4.94. The van der Waals surface area contributed by atoms with E-state index in [2.05, 4.69) is 33.4 Å². The number of aromatic nitrogens is 4. The van der Waals surface area contributed by atoms with E-state index in [9.17, 15) is 15.3 Å². The van der Waals surface area contributed by atoms with Crippen LogP contribution in [0.4, 0.5) is 0 Å². The predicted octanol–water partition coefficient (Wildman–Crippen LogP) is -0.0230. The summed E-state index contributed by atoms with van der Waals surface area (Å²) in [5.74, 6) is 5.94. The summed E-state index contributed by atoms with van der Waals surface area (Å²) in [7, 11) is 0. The predicted molar refractivity (Wildman–Crippen MR) is 99.1 cm³/mol. The van der Waals surface area contributed by atoms with Gasteiger partial charge < -0.3 is 29.6 Å². The van der Waals surface area contributed by atoms with Crippen LogP contribution in [0.2, 0.25) is 0 Å². The van der Waals surface area contributed by atoms with Crippen molar-refractivity contribution in [3.8, 4) is 11.8 Å². The minimum absolute atomic E-state index is 0.409. The minimum Gasteiger partial charge on any atom is -0.394 e. The lowest BCUT2D eigenvalue weighted by molar-refractivity contribution is -0.0947. The van der Waals surface area contributed by atoms with Crippen molar-refractivity contribution in [3.05, 3.63) is 29.5 Å². The average Bonchev–Trinajstić information content (AvgIpc) is 3.06. The van der Waals surface area contributed by atoms with Crippen molar-refractivity contribution < 1.29 is 20.1 Å². The molecule has 4 atom stereocenters. The smallest absolute Gasteiger partial charge is 0.167 e. The summed E-state index contributed by atoms with van der Waals surface area (Å²) in [5, 5.41) is 32.8. The molecule has 140 valence electrons. The summed E-state index contributed by atoms with van der Waals surface area (Å²) in [6.07, 6.45) is 0.0834. The molecule has 0 saturated carbocycles. The van der Waals surface area contributed by atoms with Crippen LogP contribution in [0.5, 0.6) is 0 Å². The molecule has 1 aliphatic rings. The Morgan fingerprint density at radius 3 is 2.89 bits per heavy atom. The fraction of sp³-hybridized carbons (Fsp3) is 0.368. The SMILES string of the molecule is C=c1cc(C#CC)c2cn([C@@H]3O[C@H](CO)[C@@H](O)C3(C)O)c3ncnc([nH]1)c23. The van der Waals surface area contributed by atoms with Gasteiger partial charge in [-0.3, -0.25) is 0 Å². The Hall–Kier alpha value is -2.70. The van der Waals surface area contributed by atoms with E-state index >= 15 is 0 Å². The van der Waals surface area contributed by atoms with E-state index in [-0.39, 0.29) is 0 Å². The van der Waals surface area contributed by atoms with Gasteiger partial charge in [0.2, 0.25) is 0 Å². The summed E-state index contributed by atoms with van der Waals surface area (Å²) in [6, 6.07) is 1.82. The van der Waals surface area contributed by atoms with Gasteiger partial charge in [0.15, 0.2) is 6.23 Å². The number of aromatic amines is 1. The molecule has 4 rings (SSSR count). The Bertz CT molecular complexity index is 1150. The number of ether oxygens (including phenoxy) is 1. The average molecular weight is 368 g/mol. The Kier molecular flexibility index (Phi) is 4.05. The lowest BCUT2D eigenvalue weighted by atomic mass is 9.96. The van der Waals surface area contributed by atoms with Gasteiger partial charge in [0.05, 0.1) is 12.0 Å². The number of rotatable bonds is 2. The Morgan fingerprint density at radius 2 is 2.22 bits per heavy atom. The minimum atomic E-state index is -1.62. The van der Waals surface area contributed by atoms with E-state index in [0.717, 1.165) is 10.9 Å².